The summed E-state index contributed by atoms with van der Waals surface area (Å²) >= 11 is 6.86. The molecule has 0 unspecified atom stereocenters. The number of nitrogens with two attached hydrogens (primary N) is 1. The monoisotopic (exact) mass is 782 g/mol. The number of hydrogen-bond acceptors (Lipinski definition) is 10. The van der Waals surface area contributed by atoms with E-state index >= 15 is 0 Å². The number of carbonyl (C=O) groups excluding carboxylic acids is 4. The number of benzene rings is 4. The predicted octanol–water partition coefficient (Wildman–Crippen LogP) is 7.10. The van der Waals surface area contributed by atoms with E-state index in [1.165, 1.54) is 68.9 Å². The quantitative estimate of drug-likeness (QED) is 0.0896. The van der Waals surface area contributed by atoms with Crippen molar-refractivity contribution in [1.82, 2.24) is 0 Å². The van der Waals surface area contributed by atoms with Gasteiger partial charge in [-0.2, -0.15) is 0 Å². The molecule has 0 saturated carbocycles. The smallest absolute Gasteiger partial charge is 0.338 e. The molecule has 1 aliphatic rings. The number of nitrogen functional groups attached to an aromatic ring is 1. The summed E-state index contributed by atoms with van der Waals surface area (Å²) in [6.07, 6.45) is 0. The molecule has 0 atom stereocenters. The summed E-state index contributed by atoms with van der Waals surface area (Å²) in [5, 5.41) is 1.88. The maximum absolute atomic E-state index is 12.0. The number of nitrogens with zero attached hydrogens (tertiary/aromatic N) is 1. The lowest BCUT2D eigenvalue weighted by Crippen LogP contribution is -2.17. The third-order valence-electron chi connectivity index (χ3n) is 7.28. The normalized spacial score (nSPS) is 11.1. The van der Waals surface area contributed by atoms with Crippen molar-refractivity contribution in [3.63, 3.8) is 0 Å². The SMILES string of the molecule is BrCc1ccccc1CBr.COC(=O)c1ccc(N)cc1C(=O)OC.COC(=O)c1ccc(N2Cc3ccccc3C2)cc1C(=O)OC. The number of ether oxygens (including phenoxy) is 4. The molecule has 252 valence electrons. The van der Waals surface area contributed by atoms with Gasteiger partial charge >= 0.3 is 23.9 Å². The Labute approximate surface area is 296 Å². The van der Waals surface area contributed by atoms with Gasteiger partial charge in [-0.05, 0) is 58.7 Å². The van der Waals surface area contributed by atoms with Crippen LogP contribution in [0.15, 0.2) is 84.9 Å². The molecule has 0 aliphatic carbocycles. The largest absolute Gasteiger partial charge is 0.465 e. The van der Waals surface area contributed by atoms with Gasteiger partial charge < -0.3 is 29.6 Å². The standard InChI is InChI=1S/C18H17NO4.C10H11NO4.C8H8Br2/c1-22-17(20)15-8-7-14(9-16(15)18(21)23-2)19-10-12-5-3-4-6-13(12)11-19;1-14-9(12)7-4-3-6(11)5-8(7)10(13)15-2;9-5-7-3-1-2-4-8(7)6-10/h3-9H,10-11H2,1-2H3;3-5H,11H2,1-2H3;1-4H,5-6H2. The fraction of sp³-hybridized carbons (Fsp3) is 0.222. The maximum Gasteiger partial charge on any atom is 0.338 e. The van der Waals surface area contributed by atoms with Crippen LogP contribution in [-0.2, 0) is 42.7 Å². The van der Waals surface area contributed by atoms with Gasteiger partial charge in [0.2, 0.25) is 0 Å². The van der Waals surface area contributed by atoms with Crippen LogP contribution in [0.5, 0.6) is 0 Å². The van der Waals surface area contributed by atoms with Gasteiger partial charge in [0.15, 0.2) is 0 Å². The van der Waals surface area contributed by atoms with Crippen molar-refractivity contribution in [2.75, 3.05) is 39.1 Å². The van der Waals surface area contributed by atoms with Crippen molar-refractivity contribution >= 4 is 67.1 Å². The van der Waals surface area contributed by atoms with Crippen LogP contribution in [-0.4, -0.2) is 52.3 Å². The lowest BCUT2D eigenvalue weighted by Gasteiger charge is -2.19. The van der Waals surface area contributed by atoms with Crippen molar-refractivity contribution in [2.24, 2.45) is 0 Å². The zero-order valence-electron chi connectivity index (χ0n) is 27.0. The van der Waals surface area contributed by atoms with Crippen LogP contribution in [0.4, 0.5) is 11.4 Å². The average Bonchev–Trinajstić information content (AvgIpc) is 3.58. The van der Waals surface area contributed by atoms with Crippen molar-refractivity contribution in [2.45, 2.75) is 23.7 Å². The van der Waals surface area contributed by atoms with E-state index < -0.39 is 23.9 Å². The van der Waals surface area contributed by atoms with Crippen molar-refractivity contribution in [3.05, 3.63) is 129 Å². The van der Waals surface area contributed by atoms with Gasteiger partial charge in [-0.25, -0.2) is 19.2 Å². The van der Waals surface area contributed by atoms with E-state index in [4.69, 9.17) is 15.2 Å². The minimum Gasteiger partial charge on any atom is -0.465 e. The van der Waals surface area contributed by atoms with Crippen LogP contribution < -0.4 is 10.6 Å². The highest BCUT2D eigenvalue weighted by atomic mass is 79.9. The molecule has 48 heavy (non-hydrogen) atoms. The summed E-state index contributed by atoms with van der Waals surface area (Å²) in [4.78, 5) is 48.6. The number of methoxy groups -OCH3 is 4. The Morgan fingerprint density at radius 1 is 0.583 bits per heavy atom. The number of halogens is 2. The molecule has 0 bridgehead atoms. The fourth-order valence-electron chi connectivity index (χ4n) is 4.76. The van der Waals surface area contributed by atoms with Crippen molar-refractivity contribution in [3.8, 4) is 0 Å². The van der Waals surface area contributed by atoms with E-state index in [9.17, 15) is 19.2 Å². The number of alkyl halides is 2. The van der Waals surface area contributed by atoms with Crippen LogP contribution in [0.25, 0.3) is 0 Å². The summed E-state index contributed by atoms with van der Waals surface area (Å²) in [5.74, 6) is -2.33. The first-order chi connectivity index (χ1) is 23.1. The Bertz CT molecular complexity index is 1710. The molecule has 4 aromatic rings. The van der Waals surface area contributed by atoms with E-state index in [0.717, 1.165) is 29.4 Å². The number of rotatable bonds is 7. The molecule has 0 aromatic heterocycles. The van der Waals surface area contributed by atoms with Gasteiger partial charge in [0.1, 0.15) is 0 Å². The minimum atomic E-state index is -0.622. The van der Waals surface area contributed by atoms with Gasteiger partial charge in [-0.3, -0.25) is 0 Å². The lowest BCUT2D eigenvalue weighted by molar-refractivity contribution is 0.0555. The van der Waals surface area contributed by atoms with E-state index in [1.807, 2.05) is 18.2 Å². The van der Waals surface area contributed by atoms with Gasteiger partial charge in [-0.15, -0.1) is 0 Å². The molecule has 0 spiro atoms. The van der Waals surface area contributed by atoms with Gasteiger partial charge in [0.25, 0.3) is 0 Å². The summed E-state index contributed by atoms with van der Waals surface area (Å²) in [7, 11) is 5.04. The fourth-order valence-corrected chi connectivity index (χ4v) is 5.85. The summed E-state index contributed by atoms with van der Waals surface area (Å²) in [6.45, 7) is 1.54. The molecule has 0 amide bonds. The van der Waals surface area contributed by atoms with Crippen LogP contribution >= 0.6 is 31.9 Å². The molecule has 12 heteroatoms. The average molecular weight is 784 g/mol. The van der Waals surface area contributed by atoms with Crippen molar-refractivity contribution in [1.29, 1.82) is 0 Å². The molecule has 1 aliphatic heterocycles. The molecular formula is C36H36Br2N2O8. The molecule has 0 fully saturated rings. The first-order valence-corrected chi connectivity index (χ1v) is 16.7. The van der Waals surface area contributed by atoms with Gasteiger partial charge in [0.05, 0.1) is 50.7 Å². The third kappa shape index (κ3) is 9.68. The number of anilines is 2. The predicted molar refractivity (Wildman–Crippen MR) is 191 cm³/mol. The Morgan fingerprint density at radius 2 is 0.979 bits per heavy atom. The van der Waals surface area contributed by atoms with Crippen LogP contribution in [0.1, 0.15) is 63.7 Å². The Balaban J connectivity index is 0.000000215. The molecule has 0 radical (unpaired) electrons. The molecule has 2 N–H and O–H groups in total. The number of fused-ring (bicyclic) bond motifs is 1. The molecule has 1 heterocycles. The van der Waals surface area contributed by atoms with E-state index in [0.29, 0.717) is 5.69 Å². The molecular weight excluding hydrogens is 748 g/mol. The van der Waals surface area contributed by atoms with E-state index in [1.54, 1.807) is 12.1 Å². The molecule has 5 rings (SSSR count). The minimum absolute atomic E-state index is 0.101. The van der Waals surface area contributed by atoms with Crippen LogP contribution in [0, 0.1) is 0 Å². The topological polar surface area (TPSA) is 134 Å². The number of esters is 4. The molecule has 10 nitrogen and oxygen atoms in total. The second-order valence-corrected chi connectivity index (χ2v) is 11.3. The highest BCUT2D eigenvalue weighted by Gasteiger charge is 2.23. The Morgan fingerprint density at radius 3 is 1.42 bits per heavy atom. The zero-order valence-corrected chi connectivity index (χ0v) is 30.1. The Kier molecular flexibility index (Phi) is 14.6. The molecule has 0 saturated heterocycles. The number of hydrogen-bond donors (Lipinski definition) is 1. The highest BCUT2D eigenvalue weighted by Crippen LogP contribution is 2.30. The number of carbonyl (C=O) groups is 4. The second kappa shape index (κ2) is 18.6. The summed E-state index contributed by atoms with van der Waals surface area (Å²) < 4.78 is 18.6. The van der Waals surface area contributed by atoms with Gasteiger partial charge in [-0.1, -0.05) is 80.4 Å². The van der Waals surface area contributed by atoms with Gasteiger partial charge in [0, 0.05) is 35.1 Å². The zero-order chi connectivity index (χ0) is 35.2. The third-order valence-corrected chi connectivity index (χ3v) is 8.49. The lowest BCUT2D eigenvalue weighted by atomic mass is 10.1. The second-order valence-electron chi connectivity index (χ2n) is 10.2. The first-order valence-electron chi connectivity index (χ1n) is 14.5. The van der Waals surface area contributed by atoms with Crippen molar-refractivity contribution < 1.29 is 38.1 Å². The highest BCUT2D eigenvalue weighted by molar-refractivity contribution is 9.09. The summed E-state index contributed by atoms with van der Waals surface area (Å²) in [5.41, 5.74) is 12.7. The molecule has 4 aromatic carbocycles. The van der Waals surface area contributed by atoms with Crippen LogP contribution in [0.2, 0.25) is 0 Å². The summed E-state index contributed by atoms with van der Waals surface area (Å²) in [6, 6.07) is 26.0. The first kappa shape index (κ1) is 37.8. The maximum atomic E-state index is 12.0. The van der Waals surface area contributed by atoms with E-state index in [2.05, 4.69) is 82.6 Å². The Hall–Kier alpha value is -4.68. The van der Waals surface area contributed by atoms with Crippen LogP contribution in [0.3, 0.4) is 0 Å². The van der Waals surface area contributed by atoms with E-state index in [-0.39, 0.29) is 22.3 Å².